The predicted octanol–water partition coefficient (Wildman–Crippen LogP) is 1.66. The number of hydrogen-bond donors (Lipinski definition) is 0. The first kappa shape index (κ1) is 13.0. The van der Waals surface area contributed by atoms with Crippen LogP contribution in [0.1, 0.15) is 0 Å². The molecule has 1 saturated heterocycles. The Hall–Kier alpha value is -0.460. The number of anilines is 1. The van der Waals surface area contributed by atoms with E-state index in [-0.39, 0.29) is 0 Å². The fraction of sp³-hybridized carbons (Fsp3) is 0.500. The van der Waals surface area contributed by atoms with Crippen LogP contribution >= 0.6 is 23.4 Å². The van der Waals surface area contributed by atoms with E-state index in [4.69, 9.17) is 11.6 Å². The average Bonchev–Trinajstić information content (AvgIpc) is 2.29. The molecule has 1 fully saturated rings. The molecule has 0 aliphatic carbocycles. The number of hydrogen-bond acceptors (Lipinski definition) is 5. The van der Waals surface area contributed by atoms with Gasteiger partial charge in [-0.3, -0.25) is 0 Å². The Bertz CT molecular complexity index is 490. The number of sulfone groups is 1. The minimum absolute atomic E-state index is 0.491. The molecule has 0 amide bonds. The van der Waals surface area contributed by atoms with Gasteiger partial charge in [0, 0.05) is 30.5 Å². The van der Waals surface area contributed by atoms with Crippen LogP contribution in [0.3, 0.4) is 0 Å². The lowest BCUT2D eigenvalue weighted by molar-refractivity contribution is 0.583. The highest BCUT2D eigenvalue weighted by Crippen LogP contribution is 2.25. The molecular weight excluding hydrogens is 280 g/mol. The molecule has 1 aliphatic rings. The highest BCUT2D eigenvalue weighted by atomic mass is 35.5. The van der Waals surface area contributed by atoms with Gasteiger partial charge in [-0.15, -0.1) is 0 Å². The van der Waals surface area contributed by atoms with Gasteiger partial charge in [-0.1, -0.05) is 11.6 Å². The molecule has 1 aromatic rings. The maximum absolute atomic E-state index is 11.7. The molecule has 0 N–H and O–H groups in total. The quantitative estimate of drug-likeness (QED) is 0.830. The predicted molar refractivity (Wildman–Crippen MR) is 72.5 cm³/mol. The van der Waals surface area contributed by atoms with Crippen LogP contribution in [-0.4, -0.2) is 43.1 Å². The molecule has 94 valence electrons. The molecular formula is C10H13ClN2O2S2. The Labute approximate surface area is 110 Å². The zero-order chi connectivity index (χ0) is 12.5. The number of halogens is 1. The second kappa shape index (κ2) is 5.04. The van der Waals surface area contributed by atoms with Crippen molar-refractivity contribution < 1.29 is 8.42 Å². The van der Waals surface area contributed by atoms with Gasteiger partial charge >= 0.3 is 0 Å². The second-order valence-electron chi connectivity index (χ2n) is 3.89. The Morgan fingerprint density at radius 3 is 2.88 bits per heavy atom. The zero-order valence-corrected chi connectivity index (χ0v) is 11.7. The third-order valence-corrected chi connectivity index (χ3v) is 5.45. The number of nitrogens with zero attached hydrogens (tertiary/aromatic N) is 2. The Morgan fingerprint density at radius 2 is 2.29 bits per heavy atom. The zero-order valence-electron chi connectivity index (χ0n) is 9.34. The van der Waals surface area contributed by atoms with Gasteiger partial charge in [0.1, 0.15) is 11.2 Å². The number of thioether (sulfide) groups is 1. The Morgan fingerprint density at radius 1 is 1.53 bits per heavy atom. The van der Waals surface area contributed by atoms with Crippen LogP contribution in [-0.2, 0) is 9.84 Å². The molecule has 4 nitrogen and oxygen atoms in total. The van der Waals surface area contributed by atoms with Crippen LogP contribution in [0.15, 0.2) is 18.3 Å². The summed E-state index contributed by atoms with van der Waals surface area (Å²) >= 11 is 7.43. The van der Waals surface area contributed by atoms with Crippen LogP contribution < -0.4 is 4.90 Å². The molecule has 0 radical (unpaired) electrons. The van der Waals surface area contributed by atoms with Crippen molar-refractivity contribution >= 4 is 39.0 Å². The van der Waals surface area contributed by atoms with Gasteiger partial charge in [0.25, 0.3) is 0 Å². The van der Waals surface area contributed by atoms with Crippen molar-refractivity contribution in [3.05, 3.63) is 23.4 Å². The molecule has 2 rings (SSSR count). The van der Waals surface area contributed by atoms with Crippen LogP contribution in [0.25, 0.3) is 0 Å². The van der Waals surface area contributed by atoms with Gasteiger partial charge in [-0.2, -0.15) is 11.8 Å². The fourth-order valence-corrected chi connectivity index (χ4v) is 4.67. The van der Waals surface area contributed by atoms with Crippen molar-refractivity contribution in [2.45, 2.75) is 5.37 Å². The summed E-state index contributed by atoms with van der Waals surface area (Å²) in [5.74, 6) is 2.17. The summed E-state index contributed by atoms with van der Waals surface area (Å²) in [6, 6.07) is 3.49. The normalized spacial score (nSPS) is 21.5. The highest BCUT2D eigenvalue weighted by Gasteiger charge is 2.31. The topological polar surface area (TPSA) is 50.3 Å². The van der Waals surface area contributed by atoms with Crippen molar-refractivity contribution in [2.75, 3.05) is 29.2 Å². The van der Waals surface area contributed by atoms with Crippen molar-refractivity contribution in [3.8, 4) is 0 Å². The van der Waals surface area contributed by atoms with E-state index in [2.05, 4.69) is 4.98 Å². The SMILES string of the molecule is CS(=O)(=O)C1CSCCN1c1ccc(Cl)cn1. The number of pyridine rings is 1. The van der Waals surface area contributed by atoms with Gasteiger partial charge < -0.3 is 4.90 Å². The lowest BCUT2D eigenvalue weighted by Crippen LogP contribution is -2.47. The van der Waals surface area contributed by atoms with Crippen LogP contribution in [0.4, 0.5) is 5.82 Å². The standard InChI is InChI=1S/C10H13ClN2O2S2/c1-17(14,15)10-7-16-5-4-13(10)9-3-2-8(11)6-12-9/h2-3,6,10H,4-5,7H2,1H3. The summed E-state index contributed by atoms with van der Waals surface area (Å²) in [6.07, 6.45) is 2.81. The van der Waals surface area contributed by atoms with Gasteiger partial charge in [-0.05, 0) is 12.1 Å². The molecule has 0 saturated carbocycles. The monoisotopic (exact) mass is 292 g/mol. The van der Waals surface area contributed by atoms with Crippen molar-refractivity contribution in [1.82, 2.24) is 4.98 Å². The Kier molecular flexibility index (Phi) is 3.85. The van der Waals surface area contributed by atoms with E-state index in [0.717, 1.165) is 5.75 Å². The van der Waals surface area contributed by atoms with E-state index in [0.29, 0.717) is 23.1 Å². The summed E-state index contributed by atoms with van der Waals surface area (Å²) in [7, 11) is -3.10. The molecule has 2 heterocycles. The lowest BCUT2D eigenvalue weighted by Gasteiger charge is -2.34. The third kappa shape index (κ3) is 3.05. The smallest absolute Gasteiger partial charge is 0.169 e. The van der Waals surface area contributed by atoms with Crippen LogP contribution in [0, 0.1) is 0 Å². The first-order valence-corrected chi connectivity index (χ1v) is 8.62. The molecule has 1 unspecified atom stereocenters. The van der Waals surface area contributed by atoms with Crippen LogP contribution in [0.5, 0.6) is 0 Å². The minimum atomic E-state index is -3.10. The van der Waals surface area contributed by atoms with E-state index >= 15 is 0 Å². The van der Waals surface area contributed by atoms with E-state index < -0.39 is 15.2 Å². The van der Waals surface area contributed by atoms with E-state index in [9.17, 15) is 8.42 Å². The van der Waals surface area contributed by atoms with E-state index in [1.807, 2.05) is 4.90 Å². The van der Waals surface area contributed by atoms with Crippen molar-refractivity contribution in [1.29, 1.82) is 0 Å². The molecule has 0 spiro atoms. The summed E-state index contributed by atoms with van der Waals surface area (Å²) in [6.45, 7) is 0.692. The Balaban J connectivity index is 2.31. The van der Waals surface area contributed by atoms with Crippen molar-refractivity contribution in [3.63, 3.8) is 0 Å². The van der Waals surface area contributed by atoms with Gasteiger partial charge in [0.05, 0.1) is 5.02 Å². The summed E-state index contributed by atoms with van der Waals surface area (Å²) in [4.78, 5) is 6.02. The van der Waals surface area contributed by atoms with Gasteiger partial charge in [-0.25, -0.2) is 13.4 Å². The number of aromatic nitrogens is 1. The maximum atomic E-state index is 11.7. The summed E-state index contributed by atoms with van der Waals surface area (Å²) in [5, 5.41) is 0.0611. The maximum Gasteiger partial charge on any atom is 0.169 e. The molecule has 0 bridgehead atoms. The molecule has 7 heteroatoms. The van der Waals surface area contributed by atoms with Crippen LogP contribution in [0.2, 0.25) is 5.02 Å². The van der Waals surface area contributed by atoms with Crippen molar-refractivity contribution in [2.24, 2.45) is 0 Å². The first-order valence-electron chi connectivity index (χ1n) is 5.13. The van der Waals surface area contributed by atoms with E-state index in [1.165, 1.54) is 12.5 Å². The minimum Gasteiger partial charge on any atom is -0.338 e. The van der Waals surface area contributed by atoms with E-state index in [1.54, 1.807) is 23.9 Å². The average molecular weight is 293 g/mol. The third-order valence-electron chi connectivity index (χ3n) is 2.58. The summed E-state index contributed by atoms with van der Waals surface area (Å²) in [5.41, 5.74) is 0. The lowest BCUT2D eigenvalue weighted by atomic mass is 10.4. The molecule has 17 heavy (non-hydrogen) atoms. The highest BCUT2D eigenvalue weighted by molar-refractivity contribution is 8.01. The largest absolute Gasteiger partial charge is 0.338 e. The molecule has 0 aromatic carbocycles. The molecule has 1 aromatic heterocycles. The first-order chi connectivity index (χ1) is 7.98. The molecule has 1 aliphatic heterocycles. The summed E-state index contributed by atoms with van der Waals surface area (Å²) < 4.78 is 23.5. The fourth-order valence-electron chi connectivity index (χ4n) is 1.74. The molecule has 1 atom stereocenters. The van der Waals surface area contributed by atoms with Gasteiger partial charge in [0.15, 0.2) is 9.84 Å². The van der Waals surface area contributed by atoms with Gasteiger partial charge in [0.2, 0.25) is 0 Å². The second-order valence-corrected chi connectivity index (χ2v) is 7.68. The number of rotatable bonds is 2.